The van der Waals surface area contributed by atoms with Gasteiger partial charge >= 0.3 is 6.09 Å². The van der Waals surface area contributed by atoms with Crippen molar-refractivity contribution in [3.8, 4) is 0 Å². The van der Waals surface area contributed by atoms with E-state index < -0.39 is 12.1 Å². The maximum absolute atomic E-state index is 12.9. The third-order valence-corrected chi connectivity index (χ3v) is 5.40. The van der Waals surface area contributed by atoms with E-state index in [1.807, 2.05) is 68.4 Å². The second-order valence-corrected chi connectivity index (χ2v) is 8.34. The number of aromatic nitrogens is 1. The van der Waals surface area contributed by atoms with Gasteiger partial charge in [0.2, 0.25) is 11.8 Å². The molecule has 33 heavy (non-hydrogen) atoms. The number of nitrogens with one attached hydrogen (secondary N) is 1. The predicted molar refractivity (Wildman–Crippen MR) is 128 cm³/mol. The molecule has 0 spiro atoms. The molecule has 1 atom stereocenters. The van der Waals surface area contributed by atoms with Crippen LogP contribution < -0.4 is 5.32 Å². The number of hydrogen-bond acceptors (Lipinski definition) is 5. The number of fused-ring (bicyclic) bond motifs is 1. The number of aliphatic imine (C=N–C) groups is 1. The Hall–Kier alpha value is -3.87. The summed E-state index contributed by atoms with van der Waals surface area (Å²) in [6.45, 7) is 4.27. The number of benzene rings is 2. The van der Waals surface area contributed by atoms with Crippen molar-refractivity contribution in [2.75, 3.05) is 7.11 Å². The smallest absolute Gasteiger partial charge is 0.418 e. The highest BCUT2D eigenvalue weighted by Crippen LogP contribution is 2.25. The quantitative estimate of drug-likeness (QED) is 0.614. The molecule has 170 valence electrons. The molecule has 0 aliphatic carbocycles. The Kier molecular flexibility index (Phi) is 6.58. The van der Waals surface area contributed by atoms with Crippen molar-refractivity contribution >= 4 is 34.9 Å². The summed E-state index contributed by atoms with van der Waals surface area (Å²) in [5.74, 6) is 0.526. The lowest BCUT2D eigenvalue weighted by molar-refractivity contribution is -0.122. The van der Waals surface area contributed by atoms with E-state index in [0.717, 1.165) is 16.5 Å². The summed E-state index contributed by atoms with van der Waals surface area (Å²) in [4.78, 5) is 30.0. The molecular formula is C26H27N3O4. The first-order valence-corrected chi connectivity index (χ1v) is 10.9. The normalized spacial score (nSPS) is 17.2. The van der Waals surface area contributed by atoms with Crippen LogP contribution in [0.5, 0.6) is 0 Å². The minimum absolute atomic E-state index is 0.165. The monoisotopic (exact) mass is 445 g/mol. The lowest BCUT2D eigenvalue weighted by atomic mass is 10.0. The summed E-state index contributed by atoms with van der Waals surface area (Å²) in [5, 5.41) is 3.76. The highest BCUT2D eigenvalue weighted by atomic mass is 16.5. The highest BCUT2D eigenvalue weighted by Gasteiger charge is 2.28. The molecule has 1 N–H and O–H groups in total. The van der Waals surface area contributed by atoms with Crippen LogP contribution >= 0.6 is 0 Å². The predicted octanol–water partition coefficient (Wildman–Crippen LogP) is 4.76. The van der Waals surface area contributed by atoms with Crippen molar-refractivity contribution in [2.45, 2.75) is 32.9 Å². The largest absolute Gasteiger partial charge is 0.480 e. The number of hydrogen-bond donors (Lipinski definition) is 1. The zero-order chi connectivity index (χ0) is 23.4. The first kappa shape index (κ1) is 22.3. The average Bonchev–Trinajstić information content (AvgIpc) is 3.18. The summed E-state index contributed by atoms with van der Waals surface area (Å²) in [6, 6.07) is 16.6. The van der Waals surface area contributed by atoms with Crippen LogP contribution in [0.15, 0.2) is 71.5 Å². The van der Waals surface area contributed by atoms with Crippen LogP contribution in [0.2, 0.25) is 0 Å². The van der Waals surface area contributed by atoms with Crippen LogP contribution in [-0.4, -0.2) is 35.6 Å². The van der Waals surface area contributed by atoms with Crippen LogP contribution in [0.3, 0.4) is 0 Å². The van der Waals surface area contributed by atoms with Crippen LogP contribution in [0.4, 0.5) is 4.79 Å². The number of carbonyl (C=O) groups excluding carboxylic acids is 2. The third kappa shape index (κ3) is 4.98. The first-order valence-electron chi connectivity index (χ1n) is 10.9. The van der Waals surface area contributed by atoms with Crippen LogP contribution in [-0.2, 0) is 20.9 Å². The van der Waals surface area contributed by atoms with Gasteiger partial charge < -0.3 is 14.8 Å². The Balaban J connectivity index is 1.65. The molecular weight excluding hydrogens is 418 g/mol. The van der Waals surface area contributed by atoms with Crippen molar-refractivity contribution in [3.63, 3.8) is 0 Å². The number of amides is 1. The van der Waals surface area contributed by atoms with Crippen LogP contribution in [0.25, 0.3) is 17.0 Å². The van der Waals surface area contributed by atoms with E-state index in [1.54, 1.807) is 12.3 Å². The SMILES string of the molecule is COC1=NC(CC(C)C)C(=O)NC1=Cc1cn(C(=O)OCc2ccccc2)c2ccccc12. The molecule has 1 aliphatic rings. The maximum Gasteiger partial charge on any atom is 0.418 e. The molecule has 1 unspecified atom stereocenters. The Morgan fingerprint density at radius 2 is 1.88 bits per heavy atom. The molecule has 0 bridgehead atoms. The Morgan fingerprint density at radius 1 is 1.15 bits per heavy atom. The number of methoxy groups -OCH3 is 1. The van der Waals surface area contributed by atoms with Crippen molar-refractivity contribution in [1.29, 1.82) is 0 Å². The number of ether oxygens (including phenoxy) is 2. The van der Waals surface area contributed by atoms with E-state index >= 15 is 0 Å². The van der Waals surface area contributed by atoms with Gasteiger partial charge in [-0.15, -0.1) is 0 Å². The van der Waals surface area contributed by atoms with E-state index in [2.05, 4.69) is 10.3 Å². The van der Waals surface area contributed by atoms with E-state index in [-0.39, 0.29) is 12.5 Å². The summed E-state index contributed by atoms with van der Waals surface area (Å²) < 4.78 is 12.5. The first-order chi connectivity index (χ1) is 16.0. The summed E-state index contributed by atoms with van der Waals surface area (Å²) >= 11 is 0. The molecule has 0 saturated carbocycles. The molecule has 1 aromatic heterocycles. The van der Waals surface area contributed by atoms with Crippen molar-refractivity contribution in [1.82, 2.24) is 9.88 Å². The van der Waals surface area contributed by atoms with E-state index in [4.69, 9.17) is 9.47 Å². The standard InChI is InChI=1S/C26H27N3O4/c1-17(2)13-21-24(30)27-22(25(28-21)32-3)14-19-15-29(23-12-8-7-11-20(19)23)26(31)33-16-18-9-5-4-6-10-18/h4-12,14-15,17,21H,13,16H2,1-3H3,(H,27,30). The fourth-order valence-electron chi connectivity index (χ4n) is 3.82. The topological polar surface area (TPSA) is 81.9 Å². The lowest BCUT2D eigenvalue weighted by Crippen LogP contribution is -2.41. The second kappa shape index (κ2) is 9.73. The Labute approximate surface area is 192 Å². The zero-order valence-corrected chi connectivity index (χ0v) is 18.9. The number of carbonyl (C=O) groups is 2. The summed E-state index contributed by atoms with van der Waals surface area (Å²) in [6.07, 6.45) is 3.63. The van der Waals surface area contributed by atoms with Gasteiger partial charge in [-0.1, -0.05) is 62.4 Å². The number of nitrogens with zero attached hydrogens (tertiary/aromatic N) is 2. The van der Waals surface area contributed by atoms with Gasteiger partial charge in [-0.2, -0.15) is 0 Å². The molecule has 0 fully saturated rings. The molecule has 4 rings (SSSR count). The molecule has 7 heteroatoms. The van der Waals surface area contributed by atoms with Gasteiger partial charge in [-0.3, -0.25) is 9.36 Å². The van der Waals surface area contributed by atoms with E-state index in [1.165, 1.54) is 11.7 Å². The lowest BCUT2D eigenvalue weighted by Gasteiger charge is -2.23. The highest BCUT2D eigenvalue weighted by molar-refractivity contribution is 6.08. The van der Waals surface area contributed by atoms with Gasteiger partial charge in [0, 0.05) is 17.1 Å². The third-order valence-electron chi connectivity index (χ3n) is 5.40. The molecule has 1 amide bonds. The minimum atomic E-state index is -0.481. The summed E-state index contributed by atoms with van der Waals surface area (Å²) in [5.41, 5.74) is 2.82. The fraction of sp³-hybridized carbons (Fsp3) is 0.269. The molecule has 7 nitrogen and oxygen atoms in total. The van der Waals surface area contributed by atoms with Gasteiger partial charge in [-0.25, -0.2) is 9.79 Å². The van der Waals surface area contributed by atoms with Crippen LogP contribution in [0.1, 0.15) is 31.4 Å². The molecule has 2 heterocycles. The van der Waals surface area contributed by atoms with Gasteiger partial charge in [0.15, 0.2) is 0 Å². The van der Waals surface area contributed by atoms with E-state index in [9.17, 15) is 9.59 Å². The van der Waals surface area contributed by atoms with Crippen molar-refractivity contribution < 1.29 is 19.1 Å². The molecule has 0 radical (unpaired) electrons. The minimum Gasteiger partial charge on any atom is -0.480 e. The Bertz CT molecular complexity index is 1220. The molecule has 0 saturated heterocycles. The van der Waals surface area contributed by atoms with Crippen molar-refractivity contribution in [2.24, 2.45) is 10.9 Å². The van der Waals surface area contributed by atoms with E-state index in [0.29, 0.717) is 29.5 Å². The second-order valence-electron chi connectivity index (χ2n) is 8.34. The van der Waals surface area contributed by atoms with Crippen molar-refractivity contribution in [3.05, 3.63) is 77.6 Å². The number of rotatable bonds is 5. The fourth-order valence-corrected chi connectivity index (χ4v) is 3.82. The maximum atomic E-state index is 12.9. The van der Waals surface area contributed by atoms with Crippen LogP contribution in [0, 0.1) is 5.92 Å². The summed E-state index contributed by atoms with van der Waals surface area (Å²) in [7, 11) is 1.53. The van der Waals surface area contributed by atoms with Gasteiger partial charge in [0.05, 0.1) is 12.6 Å². The molecule has 1 aliphatic heterocycles. The zero-order valence-electron chi connectivity index (χ0n) is 18.9. The van der Waals surface area contributed by atoms with Gasteiger partial charge in [0.25, 0.3) is 0 Å². The Morgan fingerprint density at radius 3 is 2.61 bits per heavy atom. The molecule has 3 aromatic rings. The average molecular weight is 446 g/mol. The van der Waals surface area contributed by atoms with Gasteiger partial charge in [0.1, 0.15) is 18.3 Å². The number of para-hydroxylation sites is 1. The molecule has 2 aromatic carbocycles. The van der Waals surface area contributed by atoms with Gasteiger partial charge in [-0.05, 0) is 30.0 Å².